The number of rotatable bonds is 7. The quantitative estimate of drug-likeness (QED) is 0.458. The third-order valence-electron chi connectivity index (χ3n) is 3.29. The Balaban J connectivity index is 2.79. The summed E-state index contributed by atoms with van der Waals surface area (Å²) in [5, 5.41) is 23.7. The lowest BCUT2D eigenvalue weighted by Gasteiger charge is -2.15. The number of hydrazone groups is 1. The zero-order valence-electron chi connectivity index (χ0n) is 13.1. The van der Waals surface area contributed by atoms with Crippen molar-refractivity contribution in [2.45, 2.75) is 13.3 Å². The Bertz CT molecular complexity index is 712. The second kappa shape index (κ2) is 8.84. The molecule has 0 unspecified atom stereocenters. The van der Waals surface area contributed by atoms with Gasteiger partial charge in [0.1, 0.15) is 18.1 Å². The third kappa shape index (κ3) is 5.17. The van der Waals surface area contributed by atoms with Crippen LogP contribution in [0.5, 0.6) is 0 Å². The monoisotopic (exact) mass is 307 g/mol. The van der Waals surface area contributed by atoms with E-state index in [1.807, 2.05) is 25.0 Å². The van der Waals surface area contributed by atoms with Crippen LogP contribution >= 0.6 is 0 Å². The third-order valence-corrected chi connectivity index (χ3v) is 3.29. The summed E-state index contributed by atoms with van der Waals surface area (Å²) < 4.78 is 0. The Morgan fingerprint density at radius 1 is 1.30 bits per heavy atom. The number of hydrogen-bond donors (Lipinski definition) is 2. The van der Waals surface area contributed by atoms with E-state index in [0.29, 0.717) is 17.8 Å². The topological polar surface area (TPSA) is 101 Å². The first kappa shape index (κ1) is 17.7. The van der Waals surface area contributed by atoms with Crippen LogP contribution in [0, 0.1) is 28.6 Å². The van der Waals surface area contributed by atoms with Gasteiger partial charge in [0, 0.05) is 13.5 Å². The van der Waals surface area contributed by atoms with Crippen molar-refractivity contribution in [3.8, 4) is 12.1 Å². The molecule has 1 aromatic carbocycles. The van der Waals surface area contributed by atoms with Crippen LogP contribution in [0.2, 0.25) is 0 Å². The number of benzene rings is 1. The summed E-state index contributed by atoms with van der Waals surface area (Å²) in [6.07, 6.45) is 0.539. The van der Waals surface area contributed by atoms with E-state index in [-0.39, 0.29) is 11.6 Å². The molecule has 0 bridgehead atoms. The SMILES string of the molecule is C=C(c1ccc(NN=C(C#N)C#N)cc1)[C@H](C)CC(=C=O)NC. The largest absolute Gasteiger partial charge is 0.383 e. The van der Waals surface area contributed by atoms with Gasteiger partial charge < -0.3 is 5.32 Å². The first-order valence-electron chi connectivity index (χ1n) is 6.90. The molecule has 6 nitrogen and oxygen atoms in total. The van der Waals surface area contributed by atoms with Gasteiger partial charge in [0.05, 0.1) is 11.4 Å². The maximum atomic E-state index is 10.7. The van der Waals surface area contributed by atoms with Gasteiger partial charge in [-0.15, -0.1) is 0 Å². The Kier molecular flexibility index (Phi) is 6.81. The molecule has 0 aliphatic heterocycles. The highest BCUT2D eigenvalue weighted by molar-refractivity contribution is 6.10. The van der Waals surface area contributed by atoms with Crippen LogP contribution in [-0.2, 0) is 4.79 Å². The molecular weight excluding hydrogens is 290 g/mol. The van der Waals surface area contributed by atoms with Crippen molar-refractivity contribution < 1.29 is 4.79 Å². The van der Waals surface area contributed by atoms with Crippen LogP contribution in [0.15, 0.2) is 41.6 Å². The smallest absolute Gasteiger partial charge is 0.237 e. The first-order chi connectivity index (χ1) is 11.0. The predicted molar refractivity (Wildman–Crippen MR) is 89.8 cm³/mol. The molecule has 0 aliphatic carbocycles. The van der Waals surface area contributed by atoms with Gasteiger partial charge in [-0.05, 0) is 29.2 Å². The Hall–Kier alpha value is -3.34. The normalized spacial score (nSPS) is 10.3. The molecule has 1 rings (SSSR count). The highest BCUT2D eigenvalue weighted by atomic mass is 16.1. The Morgan fingerprint density at radius 3 is 2.39 bits per heavy atom. The highest BCUT2D eigenvalue weighted by Gasteiger charge is 2.11. The number of carbonyl (C=O) groups excluding carboxylic acids is 1. The van der Waals surface area contributed by atoms with Crippen molar-refractivity contribution in [2.24, 2.45) is 11.0 Å². The van der Waals surface area contributed by atoms with Gasteiger partial charge in [0.25, 0.3) is 0 Å². The Labute approximate surface area is 135 Å². The number of hydrogen-bond acceptors (Lipinski definition) is 6. The van der Waals surface area contributed by atoms with Crippen LogP contribution in [0.3, 0.4) is 0 Å². The lowest BCUT2D eigenvalue weighted by atomic mass is 9.92. The van der Waals surface area contributed by atoms with Crippen molar-refractivity contribution in [3.63, 3.8) is 0 Å². The molecule has 0 spiro atoms. The highest BCUT2D eigenvalue weighted by Crippen LogP contribution is 2.26. The summed E-state index contributed by atoms with van der Waals surface area (Å²) in [5.41, 5.74) is 5.40. The molecule has 1 atom stereocenters. The molecule has 0 heterocycles. The van der Waals surface area contributed by atoms with E-state index >= 15 is 0 Å². The summed E-state index contributed by atoms with van der Waals surface area (Å²) in [6.45, 7) is 6.06. The van der Waals surface area contributed by atoms with Gasteiger partial charge in [0.2, 0.25) is 5.71 Å². The van der Waals surface area contributed by atoms with Gasteiger partial charge in [-0.25, -0.2) is 4.79 Å². The summed E-state index contributed by atoms with van der Waals surface area (Å²) >= 11 is 0. The fourth-order valence-electron chi connectivity index (χ4n) is 1.86. The van der Waals surface area contributed by atoms with Crippen molar-refractivity contribution in [2.75, 3.05) is 12.5 Å². The lowest BCUT2D eigenvalue weighted by Crippen LogP contribution is -2.11. The first-order valence-corrected chi connectivity index (χ1v) is 6.90. The van der Waals surface area contributed by atoms with Crippen LogP contribution in [0.25, 0.3) is 5.57 Å². The van der Waals surface area contributed by atoms with Gasteiger partial charge in [-0.1, -0.05) is 25.6 Å². The van der Waals surface area contributed by atoms with E-state index in [2.05, 4.69) is 22.4 Å². The molecule has 0 aliphatic rings. The van der Waals surface area contributed by atoms with E-state index in [1.54, 1.807) is 31.3 Å². The van der Waals surface area contributed by atoms with Gasteiger partial charge in [-0.2, -0.15) is 15.6 Å². The average Bonchev–Trinajstić information content (AvgIpc) is 2.60. The van der Waals surface area contributed by atoms with Gasteiger partial charge in [-0.3, -0.25) is 5.43 Å². The second-order valence-electron chi connectivity index (χ2n) is 4.83. The van der Waals surface area contributed by atoms with Crippen molar-refractivity contribution in [1.29, 1.82) is 10.5 Å². The van der Waals surface area contributed by atoms with Crippen LogP contribution in [0.4, 0.5) is 5.69 Å². The molecule has 2 N–H and O–H groups in total. The standard InChI is InChI=1S/C17H17N5O/c1-12(8-16(11-23)20-3)13(2)14-4-6-15(7-5-14)21-22-17(9-18)10-19/h4-7,12,20-21H,2,8H2,1,3H3/t12-/m1/s1. The fraction of sp³-hybridized carbons (Fsp3) is 0.235. The maximum Gasteiger partial charge on any atom is 0.237 e. The number of anilines is 1. The summed E-state index contributed by atoms with van der Waals surface area (Å²) in [5.74, 6) is 1.96. The van der Waals surface area contributed by atoms with Crippen molar-refractivity contribution in [1.82, 2.24) is 5.32 Å². The zero-order valence-corrected chi connectivity index (χ0v) is 13.1. The lowest BCUT2D eigenvalue weighted by molar-refractivity contribution is 0.561. The molecule has 0 saturated heterocycles. The van der Waals surface area contributed by atoms with E-state index in [0.717, 1.165) is 11.1 Å². The number of nitrogens with zero attached hydrogens (tertiary/aromatic N) is 3. The second-order valence-corrected chi connectivity index (χ2v) is 4.83. The molecular formula is C17H17N5O. The summed E-state index contributed by atoms with van der Waals surface area (Å²) in [4.78, 5) is 10.7. The fourth-order valence-corrected chi connectivity index (χ4v) is 1.86. The molecule has 0 saturated carbocycles. The molecule has 1 aromatic rings. The van der Waals surface area contributed by atoms with E-state index in [1.165, 1.54) is 0 Å². The summed E-state index contributed by atoms with van der Waals surface area (Å²) in [7, 11) is 1.69. The number of nitriles is 2. The molecule has 6 heteroatoms. The molecule has 0 aromatic heterocycles. The maximum absolute atomic E-state index is 10.7. The van der Waals surface area contributed by atoms with Gasteiger partial charge >= 0.3 is 0 Å². The molecule has 23 heavy (non-hydrogen) atoms. The molecule has 0 amide bonds. The van der Waals surface area contributed by atoms with E-state index < -0.39 is 0 Å². The zero-order chi connectivity index (χ0) is 17.2. The number of nitrogens with one attached hydrogen (secondary N) is 2. The number of allylic oxidation sites excluding steroid dienone is 2. The van der Waals surface area contributed by atoms with Crippen molar-refractivity contribution >= 4 is 22.9 Å². The summed E-state index contributed by atoms with van der Waals surface area (Å²) in [6, 6.07) is 10.6. The average molecular weight is 307 g/mol. The minimum Gasteiger partial charge on any atom is -0.383 e. The van der Waals surface area contributed by atoms with Crippen LogP contribution < -0.4 is 10.7 Å². The minimum atomic E-state index is -0.243. The van der Waals surface area contributed by atoms with Gasteiger partial charge in [0.15, 0.2) is 0 Å². The van der Waals surface area contributed by atoms with Crippen LogP contribution in [0.1, 0.15) is 18.9 Å². The van der Waals surface area contributed by atoms with E-state index in [4.69, 9.17) is 10.5 Å². The van der Waals surface area contributed by atoms with E-state index in [9.17, 15) is 4.79 Å². The van der Waals surface area contributed by atoms with Crippen LogP contribution in [-0.4, -0.2) is 18.7 Å². The molecule has 116 valence electrons. The van der Waals surface area contributed by atoms with Crippen molar-refractivity contribution in [3.05, 3.63) is 42.1 Å². The molecule has 0 radical (unpaired) electrons. The Morgan fingerprint density at radius 2 is 1.91 bits per heavy atom. The predicted octanol–water partition coefficient (Wildman–Crippen LogP) is 2.48. The minimum absolute atomic E-state index is 0.0829. The molecule has 0 fully saturated rings.